The van der Waals surface area contributed by atoms with Gasteiger partial charge in [0, 0.05) is 25.2 Å². The normalized spacial score (nSPS) is 19.8. The number of aliphatic hydroxyl groups excluding tert-OH is 1. The van der Waals surface area contributed by atoms with Crippen LogP contribution in [0.5, 0.6) is 0 Å². The van der Waals surface area contributed by atoms with Gasteiger partial charge >= 0.3 is 0 Å². The summed E-state index contributed by atoms with van der Waals surface area (Å²) in [5.41, 5.74) is 0.705. The Kier molecular flexibility index (Phi) is 16.7. The summed E-state index contributed by atoms with van der Waals surface area (Å²) in [6.45, 7) is 16.9. The van der Waals surface area contributed by atoms with Gasteiger partial charge in [-0.2, -0.15) is 0 Å². The molecule has 2 saturated heterocycles. The van der Waals surface area contributed by atoms with Crippen LogP contribution >= 0.6 is 0 Å². The smallest absolute Gasteiger partial charge is 0.249 e. The number of rotatable bonds is 12. The second-order valence-corrected chi connectivity index (χ2v) is 16.1. The lowest BCUT2D eigenvalue weighted by Gasteiger charge is -2.41. The Morgan fingerprint density at radius 2 is 1.38 bits per heavy atom. The fourth-order valence-electron chi connectivity index (χ4n) is 7.25. The number of nitrogens with one attached hydrogen (secondary N) is 2. The largest absolute Gasteiger partial charge is 0.394 e. The number of carbonyl (C=O) groups excluding carboxylic acids is 4. The SMILES string of the molecule is C/C(=C\C(C(C)C)N(C)C(=O)[C@@H](NC(=O)[C@H]1CCCCN1C(C)C)C(C)(C)C)C(=O)N1CCC[C@H]1C(=O)N[C@H](CO)c1ccccc1.c1ccccc1. The first kappa shape index (κ1) is 43.4. The van der Waals surface area contributed by atoms with Crippen molar-refractivity contribution in [2.24, 2.45) is 11.3 Å². The van der Waals surface area contributed by atoms with E-state index in [-0.39, 0.29) is 48.2 Å². The van der Waals surface area contributed by atoms with Crippen LogP contribution in [-0.2, 0) is 19.2 Å². The number of benzene rings is 2. The molecule has 0 aliphatic carbocycles. The molecule has 4 amide bonds. The highest BCUT2D eigenvalue weighted by molar-refractivity contribution is 5.97. The Hall–Kier alpha value is -4.02. The number of carbonyl (C=O) groups is 4. The minimum Gasteiger partial charge on any atom is -0.394 e. The van der Waals surface area contributed by atoms with Crippen molar-refractivity contribution in [2.45, 2.75) is 124 Å². The summed E-state index contributed by atoms with van der Waals surface area (Å²) < 4.78 is 0. The Morgan fingerprint density at radius 3 is 1.91 bits per heavy atom. The summed E-state index contributed by atoms with van der Waals surface area (Å²) in [6.07, 6.45) is 5.87. The van der Waals surface area contributed by atoms with E-state index >= 15 is 0 Å². The van der Waals surface area contributed by atoms with Crippen molar-refractivity contribution in [3.8, 4) is 0 Å². The molecule has 2 aliphatic rings. The second kappa shape index (κ2) is 20.4. The number of hydrogen-bond donors (Lipinski definition) is 3. The molecule has 10 heteroatoms. The molecule has 53 heavy (non-hydrogen) atoms. The lowest BCUT2D eigenvalue weighted by Crippen LogP contribution is -2.60. The molecule has 0 bridgehead atoms. The topological polar surface area (TPSA) is 122 Å². The van der Waals surface area contributed by atoms with Crippen LogP contribution in [0.2, 0.25) is 0 Å². The monoisotopic (exact) mass is 731 g/mol. The van der Waals surface area contributed by atoms with Gasteiger partial charge in [0.25, 0.3) is 0 Å². The van der Waals surface area contributed by atoms with E-state index in [4.69, 9.17) is 0 Å². The molecular formula is C43H65N5O5. The van der Waals surface area contributed by atoms with Crippen LogP contribution in [0.1, 0.15) is 99.1 Å². The zero-order chi connectivity index (χ0) is 39.3. The zero-order valence-electron chi connectivity index (χ0n) is 33.5. The highest BCUT2D eigenvalue weighted by atomic mass is 16.3. The van der Waals surface area contributed by atoms with Gasteiger partial charge in [0.2, 0.25) is 23.6 Å². The van der Waals surface area contributed by atoms with E-state index in [0.29, 0.717) is 25.0 Å². The van der Waals surface area contributed by atoms with Crippen molar-refractivity contribution in [3.05, 3.63) is 83.9 Å². The number of aliphatic hydroxyl groups is 1. The van der Waals surface area contributed by atoms with Gasteiger partial charge in [0.1, 0.15) is 12.1 Å². The molecule has 3 N–H and O–H groups in total. The van der Waals surface area contributed by atoms with E-state index in [9.17, 15) is 24.3 Å². The summed E-state index contributed by atoms with van der Waals surface area (Å²) in [5.74, 6) is -0.885. The molecule has 2 fully saturated rings. The van der Waals surface area contributed by atoms with Gasteiger partial charge in [-0.3, -0.25) is 24.1 Å². The zero-order valence-corrected chi connectivity index (χ0v) is 33.5. The molecule has 1 unspecified atom stereocenters. The van der Waals surface area contributed by atoms with E-state index in [1.807, 2.05) is 107 Å². The number of piperidine rings is 1. The van der Waals surface area contributed by atoms with Crippen molar-refractivity contribution in [2.75, 3.05) is 26.7 Å². The van der Waals surface area contributed by atoms with E-state index < -0.39 is 29.6 Å². The Bertz CT molecular complexity index is 1460. The van der Waals surface area contributed by atoms with E-state index in [1.54, 1.807) is 23.8 Å². The highest BCUT2D eigenvalue weighted by Gasteiger charge is 2.40. The molecule has 2 aromatic rings. The van der Waals surface area contributed by atoms with Crippen molar-refractivity contribution in [1.29, 1.82) is 0 Å². The Labute approximate surface area is 318 Å². The Morgan fingerprint density at radius 1 is 0.830 bits per heavy atom. The van der Waals surface area contributed by atoms with E-state index in [2.05, 4.69) is 29.4 Å². The molecule has 0 radical (unpaired) electrons. The lowest BCUT2D eigenvalue weighted by molar-refractivity contribution is -0.142. The number of amides is 4. The molecule has 2 aromatic carbocycles. The average molecular weight is 732 g/mol. The van der Waals surface area contributed by atoms with Crippen LogP contribution in [0.3, 0.4) is 0 Å². The third-order valence-corrected chi connectivity index (χ3v) is 10.3. The van der Waals surface area contributed by atoms with Crippen LogP contribution in [0.15, 0.2) is 78.4 Å². The van der Waals surface area contributed by atoms with Gasteiger partial charge in [-0.1, -0.05) is 114 Å². The maximum atomic E-state index is 14.2. The minimum absolute atomic E-state index is 0.0216. The summed E-state index contributed by atoms with van der Waals surface area (Å²) in [5, 5.41) is 16.0. The lowest BCUT2D eigenvalue weighted by atomic mass is 9.84. The summed E-state index contributed by atoms with van der Waals surface area (Å²) in [4.78, 5) is 60.4. The van der Waals surface area contributed by atoms with E-state index in [1.165, 1.54) is 0 Å². The predicted molar refractivity (Wildman–Crippen MR) is 212 cm³/mol. The van der Waals surface area contributed by atoms with Gasteiger partial charge in [0.05, 0.1) is 24.7 Å². The summed E-state index contributed by atoms with van der Waals surface area (Å²) in [6, 6.07) is 18.9. The maximum absolute atomic E-state index is 14.2. The quantitative estimate of drug-likeness (QED) is 0.240. The second-order valence-electron chi connectivity index (χ2n) is 16.1. The number of hydrogen-bond acceptors (Lipinski definition) is 6. The third-order valence-electron chi connectivity index (χ3n) is 10.3. The van der Waals surface area contributed by atoms with Crippen molar-refractivity contribution < 1.29 is 24.3 Å². The fraction of sp³-hybridized carbons (Fsp3) is 0.581. The average Bonchev–Trinajstić information content (AvgIpc) is 3.65. The summed E-state index contributed by atoms with van der Waals surface area (Å²) >= 11 is 0. The maximum Gasteiger partial charge on any atom is 0.249 e. The van der Waals surface area contributed by atoms with Crippen molar-refractivity contribution >= 4 is 23.6 Å². The van der Waals surface area contributed by atoms with Crippen LogP contribution in [0.25, 0.3) is 0 Å². The minimum atomic E-state index is -0.752. The highest BCUT2D eigenvalue weighted by Crippen LogP contribution is 2.27. The van der Waals surface area contributed by atoms with Gasteiger partial charge in [-0.25, -0.2) is 0 Å². The van der Waals surface area contributed by atoms with Gasteiger partial charge < -0.3 is 25.5 Å². The van der Waals surface area contributed by atoms with Gasteiger partial charge in [-0.05, 0) is 69.9 Å². The molecule has 4 rings (SSSR count). The molecule has 2 heterocycles. The van der Waals surface area contributed by atoms with Crippen LogP contribution in [-0.4, -0.2) is 100 Å². The first-order valence-electron chi connectivity index (χ1n) is 19.4. The molecule has 2 aliphatic heterocycles. The standard InChI is InChI=1S/C37H59N5O5.C6H6/c1-24(2)31(40(9)36(47)32(37(6,7)8)39-34(45)29-18-13-14-20-41(29)25(3)4)22-26(5)35(46)42-21-15-19-30(42)33(44)38-28(23-43)27-16-11-10-12-17-27;1-2-4-6-5-3-1/h10-12,16-17,22,24-25,28-32,43H,13-15,18-21,23H2,1-9H3,(H,38,44)(H,39,45);1-6H/b26-22+;/t28-,29-,30+,31?,32-;/m1./s1. The predicted octanol–water partition coefficient (Wildman–Crippen LogP) is 5.74. The van der Waals surface area contributed by atoms with Crippen LogP contribution in [0.4, 0.5) is 0 Å². The van der Waals surface area contributed by atoms with Crippen molar-refractivity contribution in [1.82, 2.24) is 25.3 Å². The molecule has 292 valence electrons. The molecule has 0 spiro atoms. The van der Waals surface area contributed by atoms with Crippen molar-refractivity contribution in [3.63, 3.8) is 0 Å². The van der Waals surface area contributed by atoms with Crippen LogP contribution in [0, 0.1) is 11.3 Å². The van der Waals surface area contributed by atoms with Gasteiger partial charge in [0.15, 0.2) is 0 Å². The Balaban J connectivity index is 0.00000114. The molecule has 0 saturated carbocycles. The number of likely N-dealkylation sites (N-methyl/N-ethyl adjacent to an activating group) is 1. The molecule has 0 aromatic heterocycles. The molecular weight excluding hydrogens is 667 g/mol. The first-order chi connectivity index (χ1) is 25.1. The summed E-state index contributed by atoms with van der Waals surface area (Å²) in [7, 11) is 1.73. The third kappa shape index (κ3) is 12.3. The van der Waals surface area contributed by atoms with Crippen LogP contribution < -0.4 is 10.6 Å². The fourth-order valence-corrected chi connectivity index (χ4v) is 7.25. The molecule has 5 atom stereocenters. The number of nitrogens with zero attached hydrogens (tertiary/aromatic N) is 3. The number of likely N-dealkylation sites (tertiary alicyclic amines) is 2. The van der Waals surface area contributed by atoms with E-state index in [0.717, 1.165) is 31.4 Å². The molecule has 10 nitrogen and oxygen atoms in total. The van der Waals surface area contributed by atoms with Gasteiger partial charge in [-0.15, -0.1) is 0 Å². The first-order valence-corrected chi connectivity index (χ1v) is 19.4.